The third-order valence-electron chi connectivity index (χ3n) is 3.50. The molecule has 2 unspecified atom stereocenters. The Morgan fingerprint density at radius 2 is 2.00 bits per heavy atom. The molecule has 0 heterocycles. The number of fused-ring (bicyclic) bond motifs is 2. The number of carboxylic acids is 1. The van der Waals surface area contributed by atoms with Crippen LogP contribution in [0.1, 0.15) is 38.5 Å². The Morgan fingerprint density at radius 1 is 1.20 bits per heavy atom. The van der Waals surface area contributed by atoms with E-state index in [-0.39, 0.29) is 24.9 Å². The Hall–Kier alpha value is -1.06. The number of aliphatic carboxylic acids is 1. The molecule has 2 aliphatic rings. The van der Waals surface area contributed by atoms with Gasteiger partial charge < -0.3 is 9.84 Å². The summed E-state index contributed by atoms with van der Waals surface area (Å²) in [4.78, 5) is 21.6. The number of carbonyl (C=O) groups excluding carboxylic acids is 1. The molecular weight excluding hydrogens is 196 g/mol. The molecule has 2 aliphatic carbocycles. The topological polar surface area (TPSA) is 63.6 Å². The number of hydrogen-bond donors (Lipinski definition) is 1. The largest absolute Gasteiger partial charge is 0.481 e. The van der Waals surface area contributed by atoms with Gasteiger partial charge >= 0.3 is 11.9 Å². The lowest BCUT2D eigenvalue weighted by molar-refractivity contribution is -0.154. The zero-order valence-electron chi connectivity index (χ0n) is 8.65. The number of esters is 1. The van der Waals surface area contributed by atoms with Gasteiger partial charge in [0, 0.05) is 0 Å². The van der Waals surface area contributed by atoms with Crippen molar-refractivity contribution in [1.82, 2.24) is 0 Å². The molecule has 2 rings (SSSR count). The first kappa shape index (κ1) is 10.5. The standard InChI is InChI=1S/C11H16O4/c12-10(13)3-4-11(14)15-9-6-7-1-2-8(9)5-7/h7-9H,1-6H2,(H,12,13)/t7-,8?,9?/m0/s1. The molecule has 0 amide bonds. The summed E-state index contributed by atoms with van der Waals surface area (Å²) in [5, 5.41) is 8.42. The van der Waals surface area contributed by atoms with Gasteiger partial charge in [0.2, 0.25) is 0 Å². The van der Waals surface area contributed by atoms with Crippen LogP contribution in [0.2, 0.25) is 0 Å². The van der Waals surface area contributed by atoms with Crippen molar-refractivity contribution in [3.63, 3.8) is 0 Å². The van der Waals surface area contributed by atoms with Crippen molar-refractivity contribution in [3.8, 4) is 0 Å². The molecule has 0 aliphatic heterocycles. The zero-order chi connectivity index (χ0) is 10.8. The molecule has 0 saturated heterocycles. The van der Waals surface area contributed by atoms with Gasteiger partial charge in [-0.25, -0.2) is 0 Å². The lowest BCUT2D eigenvalue weighted by Crippen LogP contribution is -2.24. The van der Waals surface area contributed by atoms with Gasteiger partial charge in [-0.3, -0.25) is 9.59 Å². The Morgan fingerprint density at radius 3 is 2.53 bits per heavy atom. The highest BCUT2D eigenvalue weighted by atomic mass is 16.5. The highest BCUT2D eigenvalue weighted by molar-refractivity contribution is 5.76. The van der Waals surface area contributed by atoms with Crippen molar-refractivity contribution < 1.29 is 19.4 Å². The fourth-order valence-electron chi connectivity index (χ4n) is 2.77. The summed E-state index contributed by atoms with van der Waals surface area (Å²) in [7, 11) is 0. The van der Waals surface area contributed by atoms with E-state index in [2.05, 4.69) is 0 Å². The van der Waals surface area contributed by atoms with Crippen LogP contribution in [0.5, 0.6) is 0 Å². The third-order valence-corrected chi connectivity index (χ3v) is 3.50. The second-order valence-corrected chi connectivity index (χ2v) is 4.60. The lowest BCUT2D eigenvalue weighted by Gasteiger charge is -2.21. The molecule has 0 spiro atoms. The third kappa shape index (κ3) is 2.49. The average Bonchev–Trinajstić information content (AvgIpc) is 2.76. The van der Waals surface area contributed by atoms with Crippen LogP contribution in [-0.4, -0.2) is 23.1 Å². The van der Waals surface area contributed by atoms with Gasteiger partial charge in [0.1, 0.15) is 6.10 Å². The summed E-state index contributed by atoms with van der Waals surface area (Å²) in [6.07, 6.45) is 4.57. The van der Waals surface area contributed by atoms with E-state index < -0.39 is 5.97 Å². The fourth-order valence-corrected chi connectivity index (χ4v) is 2.77. The van der Waals surface area contributed by atoms with Gasteiger partial charge in [0.15, 0.2) is 0 Å². The predicted molar refractivity (Wildman–Crippen MR) is 52.2 cm³/mol. The van der Waals surface area contributed by atoms with Crippen LogP contribution < -0.4 is 0 Å². The lowest BCUT2D eigenvalue weighted by atomic mass is 9.98. The number of carbonyl (C=O) groups is 2. The van der Waals surface area contributed by atoms with Crippen LogP contribution in [-0.2, 0) is 14.3 Å². The molecule has 4 heteroatoms. The monoisotopic (exact) mass is 212 g/mol. The summed E-state index contributed by atoms with van der Waals surface area (Å²) >= 11 is 0. The van der Waals surface area contributed by atoms with E-state index in [9.17, 15) is 9.59 Å². The summed E-state index contributed by atoms with van der Waals surface area (Å²) in [6.45, 7) is 0. The summed E-state index contributed by atoms with van der Waals surface area (Å²) < 4.78 is 5.29. The molecule has 2 fully saturated rings. The van der Waals surface area contributed by atoms with Crippen LogP contribution in [0.3, 0.4) is 0 Å². The summed E-state index contributed by atoms with van der Waals surface area (Å²) in [6, 6.07) is 0. The summed E-state index contributed by atoms with van der Waals surface area (Å²) in [5.41, 5.74) is 0. The number of rotatable bonds is 4. The second kappa shape index (κ2) is 4.21. The van der Waals surface area contributed by atoms with E-state index >= 15 is 0 Å². The first-order chi connectivity index (χ1) is 7.15. The smallest absolute Gasteiger partial charge is 0.306 e. The van der Waals surface area contributed by atoms with Crippen LogP contribution >= 0.6 is 0 Å². The molecule has 0 aromatic rings. The minimum absolute atomic E-state index is 0.00319. The maximum absolute atomic E-state index is 11.3. The van der Waals surface area contributed by atoms with E-state index in [0.717, 1.165) is 12.3 Å². The van der Waals surface area contributed by atoms with Crippen LogP contribution in [0.4, 0.5) is 0 Å². The Kier molecular flexibility index (Phi) is 2.93. The molecule has 1 N–H and O–H groups in total. The molecule has 2 saturated carbocycles. The minimum atomic E-state index is -0.945. The normalized spacial score (nSPS) is 32.9. The van der Waals surface area contributed by atoms with Crippen LogP contribution in [0, 0.1) is 11.8 Å². The van der Waals surface area contributed by atoms with E-state index in [1.165, 1.54) is 19.3 Å². The molecule has 4 nitrogen and oxygen atoms in total. The number of hydrogen-bond acceptors (Lipinski definition) is 3. The van der Waals surface area contributed by atoms with Gasteiger partial charge in [-0.1, -0.05) is 0 Å². The first-order valence-corrected chi connectivity index (χ1v) is 5.56. The van der Waals surface area contributed by atoms with E-state index in [1.807, 2.05) is 0 Å². The predicted octanol–water partition coefficient (Wildman–Crippen LogP) is 1.58. The SMILES string of the molecule is O=C(O)CCC(=O)OC1C[C@H]2CCC1C2. The fraction of sp³-hybridized carbons (Fsp3) is 0.818. The zero-order valence-corrected chi connectivity index (χ0v) is 8.65. The molecule has 15 heavy (non-hydrogen) atoms. The van der Waals surface area contributed by atoms with Crippen molar-refractivity contribution in [1.29, 1.82) is 0 Å². The average molecular weight is 212 g/mol. The van der Waals surface area contributed by atoms with Gasteiger partial charge in [-0.2, -0.15) is 0 Å². The Balaban J connectivity index is 1.73. The van der Waals surface area contributed by atoms with Crippen molar-refractivity contribution >= 4 is 11.9 Å². The highest BCUT2D eigenvalue weighted by Crippen LogP contribution is 2.45. The molecule has 0 aromatic heterocycles. The second-order valence-electron chi connectivity index (χ2n) is 4.60. The van der Waals surface area contributed by atoms with Gasteiger partial charge in [0.05, 0.1) is 12.8 Å². The van der Waals surface area contributed by atoms with Gasteiger partial charge in [-0.05, 0) is 37.5 Å². The molecule has 84 valence electrons. The number of ether oxygens (including phenoxy) is 1. The van der Waals surface area contributed by atoms with Crippen LogP contribution in [0.25, 0.3) is 0 Å². The maximum atomic E-state index is 11.3. The van der Waals surface area contributed by atoms with Crippen molar-refractivity contribution in [2.24, 2.45) is 11.8 Å². The van der Waals surface area contributed by atoms with Crippen molar-refractivity contribution in [3.05, 3.63) is 0 Å². The van der Waals surface area contributed by atoms with E-state index in [1.54, 1.807) is 0 Å². The molecular formula is C11H16O4. The van der Waals surface area contributed by atoms with E-state index in [4.69, 9.17) is 9.84 Å². The Labute approximate surface area is 88.6 Å². The first-order valence-electron chi connectivity index (χ1n) is 5.56. The van der Waals surface area contributed by atoms with E-state index in [0.29, 0.717) is 5.92 Å². The number of carboxylic acid groups (broad SMARTS) is 1. The quantitative estimate of drug-likeness (QED) is 0.718. The maximum Gasteiger partial charge on any atom is 0.306 e. The van der Waals surface area contributed by atoms with Gasteiger partial charge in [0.25, 0.3) is 0 Å². The Bertz CT molecular complexity index is 274. The van der Waals surface area contributed by atoms with Crippen LogP contribution in [0.15, 0.2) is 0 Å². The molecule has 0 aromatic carbocycles. The minimum Gasteiger partial charge on any atom is -0.481 e. The van der Waals surface area contributed by atoms with Crippen molar-refractivity contribution in [2.45, 2.75) is 44.6 Å². The van der Waals surface area contributed by atoms with Gasteiger partial charge in [-0.15, -0.1) is 0 Å². The highest BCUT2D eigenvalue weighted by Gasteiger charge is 2.41. The van der Waals surface area contributed by atoms with Crippen molar-refractivity contribution in [2.75, 3.05) is 0 Å². The molecule has 2 bridgehead atoms. The summed E-state index contributed by atoms with van der Waals surface area (Å²) in [5.74, 6) is -0.00843. The molecule has 0 radical (unpaired) electrons. The molecule has 3 atom stereocenters.